The van der Waals surface area contributed by atoms with Crippen molar-refractivity contribution in [2.75, 3.05) is 0 Å². The smallest absolute Gasteiger partial charge is 0.235 e. The Morgan fingerprint density at radius 1 is 0.373 bits per heavy atom. The van der Waals surface area contributed by atoms with Crippen LogP contribution in [0.25, 0.3) is 130 Å². The summed E-state index contributed by atoms with van der Waals surface area (Å²) in [5, 5.41) is 11.1. The van der Waals surface area contributed by atoms with Gasteiger partial charge >= 0.3 is 0 Å². The minimum atomic E-state index is 0.669. The Morgan fingerprint density at radius 2 is 1.05 bits per heavy atom. The van der Waals surface area contributed by atoms with Crippen molar-refractivity contribution in [2.45, 2.75) is 0 Å². The molecule has 5 heterocycles. The van der Waals surface area contributed by atoms with Crippen molar-refractivity contribution in [1.29, 1.82) is 0 Å². The van der Waals surface area contributed by atoms with E-state index in [4.69, 9.17) is 9.97 Å². The van der Waals surface area contributed by atoms with Gasteiger partial charge in [0.05, 0.1) is 38.8 Å². The van der Waals surface area contributed by atoms with Gasteiger partial charge in [-0.2, -0.15) is 0 Å². The van der Waals surface area contributed by atoms with Gasteiger partial charge in [-0.15, -0.1) is 11.3 Å². The molecule has 0 radical (unpaired) electrons. The molecule has 0 saturated heterocycles. The van der Waals surface area contributed by atoms with Crippen LogP contribution in [0.15, 0.2) is 182 Å². The van der Waals surface area contributed by atoms with E-state index in [2.05, 4.69) is 191 Å². The summed E-state index contributed by atoms with van der Waals surface area (Å²) in [5.74, 6) is 0.669. The molecule has 0 aliphatic rings. The van der Waals surface area contributed by atoms with Crippen LogP contribution in [0.3, 0.4) is 0 Å². The van der Waals surface area contributed by atoms with Crippen molar-refractivity contribution in [3.63, 3.8) is 0 Å². The third-order valence-corrected chi connectivity index (χ3v) is 13.8. The van der Waals surface area contributed by atoms with Crippen LogP contribution in [0.5, 0.6) is 0 Å². The average molecular weight is 767 g/mol. The van der Waals surface area contributed by atoms with Crippen molar-refractivity contribution in [1.82, 2.24) is 18.9 Å². The zero-order chi connectivity index (χ0) is 38.3. The summed E-state index contributed by atoms with van der Waals surface area (Å²) >= 11 is 1.88. The molecule has 5 aromatic heterocycles. The van der Waals surface area contributed by atoms with Gasteiger partial charge in [0.1, 0.15) is 0 Å². The molecule has 272 valence electrons. The van der Waals surface area contributed by atoms with E-state index < -0.39 is 0 Å². The minimum Gasteiger partial charge on any atom is -0.308 e. The van der Waals surface area contributed by atoms with Crippen LogP contribution in [0.1, 0.15) is 0 Å². The second kappa shape index (κ2) is 11.5. The zero-order valence-corrected chi connectivity index (χ0v) is 32.3. The fraction of sp³-hybridized carbons (Fsp3) is 0. The summed E-state index contributed by atoms with van der Waals surface area (Å²) in [6, 6.07) is 66.1. The Bertz CT molecular complexity index is 4000. The van der Waals surface area contributed by atoms with Gasteiger partial charge < -0.3 is 4.40 Å². The zero-order valence-electron chi connectivity index (χ0n) is 31.5. The van der Waals surface area contributed by atoms with Crippen LogP contribution in [0.4, 0.5) is 0 Å². The van der Waals surface area contributed by atoms with Crippen molar-refractivity contribution < 1.29 is 0 Å². The second-order valence-electron chi connectivity index (χ2n) is 15.7. The molecule has 0 amide bonds. The maximum absolute atomic E-state index is 5.67. The highest BCUT2D eigenvalue weighted by Gasteiger charge is 2.27. The molecule has 14 rings (SSSR count). The van der Waals surface area contributed by atoms with E-state index in [0.29, 0.717) is 5.95 Å². The maximum atomic E-state index is 5.67. The van der Waals surface area contributed by atoms with Crippen molar-refractivity contribution in [3.8, 4) is 39.5 Å². The predicted molar refractivity (Wildman–Crippen MR) is 249 cm³/mol. The van der Waals surface area contributed by atoms with Crippen LogP contribution in [0.2, 0.25) is 0 Å². The van der Waals surface area contributed by atoms with E-state index in [9.17, 15) is 0 Å². The van der Waals surface area contributed by atoms with Gasteiger partial charge in [0.15, 0.2) is 0 Å². The molecule has 4 nitrogen and oxygen atoms in total. The molecule has 0 N–H and O–H groups in total. The number of nitrogens with zero attached hydrogens (tertiary/aromatic N) is 4. The summed E-state index contributed by atoms with van der Waals surface area (Å²) < 4.78 is 7.44. The summed E-state index contributed by atoms with van der Waals surface area (Å²) in [6.07, 6.45) is 0. The lowest BCUT2D eigenvalue weighted by atomic mass is 9.96. The monoisotopic (exact) mass is 766 g/mol. The molecule has 0 fully saturated rings. The minimum absolute atomic E-state index is 0.669. The Hall–Kier alpha value is -7.60. The van der Waals surface area contributed by atoms with Gasteiger partial charge in [0, 0.05) is 52.7 Å². The standard InChI is InChI=1S/C54H30N4S/c1-2-10-31(11-3-1)32-20-22-33(23-21-32)35-13-8-14-36(30-35)52-47-37-15-5-4-12-34(37)24-26-40(47)55-54(56-52)58-43-28-29-46-51-48-42(18-9-19-45(48)59-46)57-41-17-7-6-16-38(41)39-25-27-44(58)50(49(43)51)53(39)57/h1-30H. The van der Waals surface area contributed by atoms with E-state index >= 15 is 0 Å². The molecule has 0 aliphatic carbocycles. The number of fused-ring (bicyclic) bond motifs is 7. The molecular formula is C54H30N4S. The molecular weight excluding hydrogens is 737 g/mol. The summed E-state index contributed by atoms with van der Waals surface area (Å²) in [7, 11) is 0. The number of thiophene rings is 1. The first kappa shape index (κ1) is 31.5. The summed E-state index contributed by atoms with van der Waals surface area (Å²) in [4.78, 5) is 11.2. The molecule has 0 bridgehead atoms. The number of hydrogen-bond donors (Lipinski definition) is 0. The van der Waals surface area contributed by atoms with Gasteiger partial charge in [-0.1, -0.05) is 133 Å². The maximum Gasteiger partial charge on any atom is 0.235 e. The lowest BCUT2D eigenvalue weighted by Crippen LogP contribution is -2.04. The first-order chi connectivity index (χ1) is 29.3. The SMILES string of the molecule is c1ccc(-c2ccc(-c3cccc(-c4nc(-n5c6ccc7sc8cccc9c8c7c6c6c5ccc5c7ccccc7n9c56)nc5ccc6ccccc6c45)c3)cc2)cc1. The van der Waals surface area contributed by atoms with Gasteiger partial charge in [-0.05, 0) is 81.6 Å². The van der Waals surface area contributed by atoms with Crippen LogP contribution in [-0.2, 0) is 0 Å². The Labute approximate surface area is 341 Å². The number of para-hydroxylation sites is 1. The molecule has 9 aromatic carbocycles. The molecule has 5 heteroatoms. The lowest BCUT2D eigenvalue weighted by molar-refractivity contribution is 1.01. The molecule has 0 saturated carbocycles. The van der Waals surface area contributed by atoms with E-state index in [0.717, 1.165) is 49.7 Å². The number of benzene rings is 9. The first-order valence-corrected chi connectivity index (χ1v) is 20.9. The molecule has 0 spiro atoms. The Morgan fingerprint density at radius 3 is 1.95 bits per heavy atom. The average Bonchev–Trinajstić information content (AvgIpc) is 3.93. The van der Waals surface area contributed by atoms with E-state index in [1.54, 1.807) is 0 Å². The highest BCUT2D eigenvalue weighted by molar-refractivity contribution is 7.26. The molecule has 0 atom stereocenters. The molecule has 0 aliphatic heterocycles. The quantitative estimate of drug-likeness (QED) is 0.167. The van der Waals surface area contributed by atoms with E-state index in [-0.39, 0.29) is 0 Å². The third kappa shape index (κ3) is 4.21. The number of hydrogen-bond acceptors (Lipinski definition) is 3. The molecule has 0 unspecified atom stereocenters. The van der Waals surface area contributed by atoms with Crippen LogP contribution >= 0.6 is 11.3 Å². The first-order valence-electron chi connectivity index (χ1n) is 20.1. The predicted octanol–water partition coefficient (Wildman–Crippen LogP) is 14.7. The Kier molecular flexibility index (Phi) is 6.14. The Balaban J connectivity index is 1.08. The van der Waals surface area contributed by atoms with Crippen molar-refractivity contribution in [3.05, 3.63) is 182 Å². The highest BCUT2D eigenvalue weighted by atomic mass is 32.1. The van der Waals surface area contributed by atoms with Gasteiger partial charge in [-0.3, -0.25) is 4.57 Å². The number of aromatic nitrogens is 4. The van der Waals surface area contributed by atoms with Crippen LogP contribution < -0.4 is 0 Å². The highest BCUT2D eigenvalue weighted by Crippen LogP contribution is 2.50. The van der Waals surface area contributed by atoms with Gasteiger partial charge in [-0.25, -0.2) is 9.97 Å². The van der Waals surface area contributed by atoms with Crippen LogP contribution in [0, 0.1) is 0 Å². The van der Waals surface area contributed by atoms with Gasteiger partial charge in [0.25, 0.3) is 0 Å². The fourth-order valence-corrected chi connectivity index (χ4v) is 11.2. The van der Waals surface area contributed by atoms with Gasteiger partial charge in [0.2, 0.25) is 5.95 Å². The second-order valence-corrected chi connectivity index (χ2v) is 16.8. The number of rotatable bonds is 4. The largest absolute Gasteiger partial charge is 0.308 e. The van der Waals surface area contributed by atoms with Crippen LogP contribution in [-0.4, -0.2) is 18.9 Å². The normalized spacial score (nSPS) is 12.4. The molecule has 14 aromatic rings. The third-order valence-electron chi connectivity index (χ3n) is 12.6. The topological polar surface area (TPSA) is 35.1 Å². The van der Waals surface area contributed by atoms with Crippen molar-refractivity contribution >= 4 is 102 Å². The molecule has 59 heavy (non-hydrogen) atoms. The fourth-order valence-electron chi connectivity index (χ4n) is 10.1. The summed E-state index contributed by atoms with van der Waals surface area (Å²) in [6.45, 7) is 0. The van der Waals surface area contributed by atoms with Crippen molar-refractivity contribution in [2.24, 2.45) is 0 Å². The lowest BCUT2D eigenvalue weighted by Gasteiger charge is -2.14. The van der Waals surface area contributed by atoms with E-state index in [1.807, 2.05) is 11.3 Å². The van der Waals surface area contributed by atoms with E-state index in [1.165, 1.54) is 74.8 Å². The summed E-state index contributed by atoms with van der Waals surface area (Å²) in [5.41, 5.74) is 13.6.